The number of aromatic nitrogens is 2. The molecule has 0 fully saturated rings. The molecule has 0 aliphatic carbocycles. The summed E-state index contributed by atoms with van der Waals surface area (Å²) in [6.07, 6.45) is 0. The Balaban J connectivity index is 1.96. The molecular weight excluding hydrogens is 452 g/mol. The second kappa shape index (κ2) is 9.76. The van der Waals surface area contributed by atoms with Gasteiger partial charge < -0.3 is 18.9 Å². The normalized spacial score (nSPS) is 10.7. The summed E-state index contributed by atoms with van der Waals surface area (Å²) in [5.41, 5.74) is -0.243. The SMILES string of the molecule is COc1ccc(C(=O)Cn2c(=O)n(-c3ccccc3)c(=O)c3cc(OC)c(OC)cc32)cc1OC. The van der Waals surface area contributed by atoms with Gasteiger partial charge in [-0.2, -0.15) is 0 Å². The van der Waals surface area contributed by atoms with Crippen molar-refractivity contribution in [2.75, 3.05) is 28.4 Å². The Morgan fingerprint density at radius 2 is 1.34 bits per heavy atom. The van der Waals surface area contributed by atoms with Gasteiger partial charge in [0.25, 0.3) is 5.56 Å². The van der Waals surface area contributed by atoms with Gasteiger partial charge in [-0.3, -0.25) is 14.2 Å². The van der Waals surface area contributed by atoms with Crippen molar-refractivity contribution in [2.24, 2.45) is 0 Å². The van der Waals surface area contributed by atoms with E-state index in [0.29, 0.717) is 34.2 Å². The monoisotopic (exact) mass is 476 g/mol. The molecule has 4 aromatic rings. The summed E-state index contributed by atoms with van der Waals surface area (Å²) in [6.45, 7) is -0.326. The van der Waals surface area contributed by atoms with Gasteiger partial charge in [-0.1, -0.05) is 18.2 Å². The van der Waals surface area contributed by atoms with Crippen LogP contribution < -0.4 is 30.2 Å². The number of carbonyl (C=O) groups is 1. The second-order valence-corrected chi connectivity index (χ2v) is 7.56. The first-order chi connectivity index (χ1) is 16.9. The Morgan fingerprint density at radius 1 is 0.743 bits per heavy atom. The Hall–Kier alpha value is -4.53. The Morgan fingerprint density at radius 3 is 1.97 bits per heavy atom. The number of benzene rings is 3. The number of Topliss-reactive ketones (excluding diaryl/α,β-unsaturated/α-hetero) is 1. The van der Waals surface area contributed by atoms with Crippen molar-refractivity contribution >= 4 is 16.7 Å². The molecule has 4 rings (SSSR count). The highest BCUT2D eigenvalue weighted by Crippen LogP contribution is 2.31. The Bertz CT molecular complexity index is 1520. The zero-order valence-electron chi connectivity index (χ0n) is 19.7. The fourth-order valence-electron chi connectivity index (χ4n) is 3.90. The van der Waals surface area contributed by atoms with Crippen LogP contribution in [-0.2, 0) is 6.54 Å². The molecule has 0 saturated carbocycles. The predicted octanol–water partition coefficient (Wildman–Crippen LogP) is 3.07. The Kier molecular flexibility index (Phi) is 6.59. The number of rotatable bonds is 8. The van der Waals surface area contributed by atoms with Crippen LogP contribution >= 0.6 is 0 Å². The number of para-hydroxylation sites is 1. The van der Waals surface area contributed by atoms with Gasteiger partial charge >= 0.3 is 5.69 Å². The molecule has 0 unspecified atom stereocenters. The molecule has 35 heavy (non-hydrogen) atoms. The number of ketones is 1. The van der Waals surface area contributed by atoms with Gasteiger partial charge in [0, 0.05) is 11.6 Å². The number of nitrogens with zero attached hydrogens (tertiary/aromatic N) is 2. The van der Waals surface area contributed by atoms with Crippen LogP contribution in [0, 0.1) is 0 Å². The minimum atomic E-state index is -0.658. The molecule has 9 nitrogen and oxygen atoms in total. The van der Waals surface area contributed by atoms with Crippen LogP contribution in [0.3, 0.4) is 0 Å². The third-order valence-corrected chi connectivity index (χ3v) is 5.67. The number of ether oxygens (including phenoxy) is 4. The number of methoxy groups -OCH3 is 4. The van der Waals surface area contributed by atoms with Gasteiger partial charge in [0.1, 0.15) is 0 Å². The smallest absolute Gasteiger partial charge is 0.336 e. The molecule has 1 aromatic heterocycles. The van der Waals surface area contributed by atoms with E-state index < -0.39 is 11.2 Å². The van der Waals surface area contributed by atoms with Gasteiger partial charge in [0.05, 0.1) is 51.6 Å². The van der Waals surface area contributed by atoms with E-state index in [1.807, 2.05) is 0 Å². The fraction of sp³-hybridized carbons (Fsp3) is 0.192. The molecule has 0 radical (unpaired) electrons. The van der Waals surface area contributed by atoms with Crippen molar-refractivity contribution < 1.29 is 23.7 Å². The molecule has 0 spiro atoms. The molecule has 0 saturated heterocycles. The number of hydrogen-bond donors (Lipinski definition) is 0. The summed E-state index contributed by atoms with van der Waals surface area (Å²) >= 11 is 0. The molecule has 0 aliphatic heterocycles. The standard InChI is InChI=1S/C26H24N2O7/c1-32-21-11-10-16(12-22(21)33-2)20(29)15-27-19-14-24(35-4)23(34-3)13-18(19)25(30)28(26(27)31)17-8-6-5-7-9-17/h5-14H,15H2,1-4H3. The highest BCUT2D eigenvalue weighted by molar-refractivity contribution is 5.97. The quantitative estimate of drug-likeness (QED) is 0.361. The summed E-state index contributed by atoms with van der Waals surface area (Å²) in [5.74, 6) is 1.15. The molecule has 1 heterocycles. The lowest BCUT2D eigenvalue weighted by atomic mass is 10.1. The van der Waals surface area contributed by atoms with Crippen molar-refractivity contribution in [3.63, 3.8) is 0 Å². The van der Waals surface area contributed by atoms with Crippen LogP contribution in [0.1, 0.15) is 10.4 Å². The molecule has 0 aliphatic rings. The zero-order chi connectivity index (χ0) is 25.1. The molecule has 9 heteroatoms. The highest BCUT2D eigenvalue weighted by Gasteiger charge is 2.20. The van der Waals surface area contributed by atoms with Crippen LogP contribution in [0.15, 0.2) is 70.3 Å². The van der Waals surface area contributed by atoms with Gasteiger partial charge in [0.15, 0.2) is 28.8 Å². The van der Waals surface area contributed by atoms with E-state index in [4.69, 9.17) is 18.9 Å². The predicted molar refractivity (Wildman–Crippen MR) is 131 cm³/mol. The lowest BCUT2D eigenvalue weighted by Crippen LogP contribution is -2.40. The summed E-state index contributed by atoms with van der Waals surface area (Å²) in [6, 6.07) is 16.3. The van der Waals surface area contributed by atoms with Crippen molar-refractivity contribution in [3.8, 4) is 28.7 Å². The molecular formula is C26H24N2O7. The van der Waals surface area contributed by atoms with Crippen LogP contribution in [0.5, 0.6) is 23.0 Å². The summed E-state index contributed by atoms with van der Waals surface area (Å²) in [5, 5.41) is 0.200. The second-order valence-electron chi connectivity index (χ2n) is 7.56. The third kappa shape index (κ3) is 4.23. The molecule has 180 valence electrons. The summed E-state index contributed by atoms with van der Waals surface area (Å²) in [7, 11) is 5.88. The minimum Gasteiger partial charge on any atom is -0.493 e. The van der Waals surface area contributed by atoms with Crippen molar-refractivity contribution in [2.45, 2.75) is 6.54 Å². The number of carbonyl (C=O) groups excluding carboxylic acids is 1. The lowest BCUT2D eigenvalue weighted by Gasteiger charge is -2.16. The fourth-order valence-corrected chi connectivity index (χ4v) is 3.90. The van der Waals surface area contributed by atoms with Crippen LogP contribution in [0.25, 0.3) is 16.6 Å². The van der Waals surface area contributed by atoms with Crippen LogP contribution in [-0.4, -0.2) is 43.4 Å². The maximum absolute atomic E-state index is 13.6. The van der Waals surface area contributed by atoms with Gasteiger partial charge in [-0.25, -0.2) is 9.36 Å². The first-order valence-corrected chi connectivity index (χ1v) is 10.7. The maximum atomic E-state index is 13.6. The molecule has 0 bridgehead atoms. The van der Waals surface area contributed by atoms with E-state index in [1.165, 1.54) is 45.1 Å². The first-order valence-electron chi connectivity index (χ1n) is 10.7. The van der Waals surface area contributed by atoms with E-state index in [9.17, 15) is 14.4 Å². The van der Waals surface area contributed by atoms with Crippen molar-refractivity contribution in [1.82, 2.24) is 9.13 Å². The van der Waals surface area contributed by atoms with E-state index in [-0.39, 0.29) is 23.2 Å². The third-order valence-electron chi connectivity index (χ3n) is 5.67. The van der Waals surface area contributed by atoms with Crippen molar-refractivity contribution in [1.29, 1.82) is 0 Å². The van der Waals surface area contributed by atoms with E-state index in [1.54, 1.807) is 48.5 Å². The maximum Gasteiger partial charge on any atom is 0.336 e. The number of hydrogen-bond acceptors (Lipinski definition) is 7. The Labute approximate surface area is 200 Å². The van der Waals surface area contributed by atoms with Crippen LogP contribution in [0.4, 0.5) is 0 Å². The summed E-state index contributed by atoms with van der Waals surface area (Å²) < 4.78 is 23.6. The van der Waals surface area contributed by atoms with Gasteiger partial charge in [0.2, 0.25) is 0 Å². The van der Waals surface area contributed by atoms with Gasteiger partial charge in [-0.15, -0.1) is 0 Å². The minimum absolute atomic E-state index is 0.200. The average Bonchev–Trinajstić information content (AvgIpc) is 2.90. The number of fused-ring (bicyclic) bond motifs is 1. The largest absolute Gasteiger partial charge is 0.493 e. The average molecular weight is 476 g/mol. The lowest BCUT2D eigenvalue weighted by molar-refractivity contribution is 0.0971. The van der Waals surface area contributed by atoms with Crippen molar-refractivity contribution in [3.05, 3.63) is 87.1 Å². The first kappa shape index (κ1) is 23.6. The summed E-state index contributed by atoms with van der Waals surface area (Å²) in [4.78, 5) is 40.3. The zero-order valence-corrected chi connectivity index (χ0v) is 19.7. The van der Waals surface area contributed by atoms with E-state index >= 15 is 0 Å². The molecule has 3 aromatic carbocycles. The van der Waals surface area contributed by atoms with E-state index in [0.717, 1.165) is 4.57 Å². The van der Waals surface area contributed by atoms with E-state index in [2.05, 4.69) is 0 Å². The topological polar surface area (TPSA) is 98.0 Å². The van der Waals surface area contributed by atoms with Gasteiger partial charge in [-0.05, 0) is 36.4 Å². The molecule has 0 N–H and O–H groups in total. The highest BCUT2D eigenvalue weighted by atomic mass is 16.5. The van der Waals surface area contributed by atoms with Crippen LogP contribution in [0.2, 0.25) is 0 Å². The molecule has 0 amide bonds. The molecule has 0 atom stereocenters.